The number of rotatable bonds is 6. The van der Waals surface area contributed by atoms with Gasteiger partial charge in [-0.2, -0.15) is 0 Å². The van der Waals surface area contributed by atoms with Crippen LogP contribution in [0.5, 0.6) is 5.75 Å². The van der Waals surface area contributed by atoms with Gasteiger partial charge in [0.05, 0.1) is 18.4 Å². The van der Waals surface area contributed by atoms with Gasteiger partial charge < -0.3 is 9.47 Å². The molecule has 1 aromatic heterocycles. The van der Waals surface area contributed by atoms with E-state index in [4.69, 9.17) is 4.74 Å². The van der Waals surface area contributed by atoms with Gasteiger partial charge >= 0.3 is 6.36 Å². The summed E-state index contributed by atoms with van der Waals surface area (Å²) in [6.45, 7) is 2.45. The van der Waals surface area contributed by atoms with Gasteiger partial charge in [-0.15, -0.1) is 13.2 Å². The molecule has 1 aliphatic rings. The van der Waals surface area contributed by atoms with Gasteiger partial charge in [0.2, 0.25) is 0 Å². The summed E-state index contributed by atoms with van der Waals surface area (Å²) in [5.41, 5.74) is 1.44. The number of hydrogen-bond acceptors (Lipinski definition) is 4. The molecule has 0 spiro atoms. The van der Waals surface area contributed by atoms with Crippen LogP contribution >= 0.6 is 0 Å². The minimum absolute atomic E-state index is 0.131. The highest BCUT2D eigenvalue weighted by Gasteiger charge is 2.32. The second-order valence-electron chi connectivity index (χ2n) is 6.26. The molecule has 1 aromatic carbocycles. The van der Waals surface area contributed by atoms with Crippen molar-refractivity contribution in [2.24, 2.45) is 0 Å². The molecule has 0 atom stereocenters. The molecule has 0 aliphatic carbocycles. The predicted molar refractivity (Wildman–Crippen MR) is 90.5 cm³/mol. The van der Waals surface area contributed by atoms with Gasteiger partial charge in [0.15, 0.2) is 0 Å². The number of likely N-dealkylation sites (tertiary alicyclic amines) is 1. The van der Waals surface area contributed by atoms with Gasteiger partial charge in [-0.1, -0.05) is 24.3 Å². The summed E-state index contributed by atoms with van der Waals surface area (Å²) < 4.78 is 47.6. The molecule has 1 aliphatic heterocycles. The maximum Gasteiger partial charge on any atom is 0.573 e. The Morgan fingerprint density at radius 3 is 2.46 bits per heavy atom. The average Bonchev–Trinajstić information content (AvgIpc) is 2.62. The zero-order chi connectivity index (χ0) is 18.4. The summed E-state index contributed by atoms with van der Waals surface area (Å²) in [4.78, 5) is 6.36. The second-order valence-corrected chi connectivity index (χ2v) is 6.26. The van der Waals surface area contributed by atoms with Crippen LogP contribution in [0.1, 0.15) is 24.1 Å². The topological polar surface area (TPSA) is 34.6 Å². The maximum absolute atomic E-state index is 12.5. The monoisotopic (exact) mass is 366 g/mol. The maximum atomic E-state index is 12.5. The Morgan fingerprint density at radius 2 is 1.77 bits per heavy atom. The Bertz CT molecular complexity index is 687. The van der Waals surface area contributed by atoms with Gasteiger partial charge in [-0.05, 0) is 31.0 Å². The van der Waals surface area contributed by atoms with Crippen LogP contribution in [0.3, 0.4) is 0 Å². The quantitative estimate of drug-likeness (QED) is 0.769. The number of hydrogen-bond donors (Lipinski definition) is 0. The van der Waals surface area contributed by atoms with Gasteiger partial charge in [0.25, 0.3) is 0 Å². The van der Waals surface area contributed by atoms with Crippen molar-refractivity contribution in [2.75, 3.05) is 13.1 Å². The summed E-state index contributed by atoms with van der Waals surface area (Å²) >= 11 is 0. The fourth-order valence-corrected chi connectivity index (χ4v) is 3.02. The Hall–Kier alpha value is -2.12. The molecular weight excluding hydrogens is 345 g/mol. The highest BCUT2D eigenvalue weighted by atomic mass is 19.4. The number of ether oxygens (including phenoxy) is 2. The van der Waals surface area contributed by atoms with Crippen LogP contribution in [-0.4, -0.2) is 35.4 Å². The van der Waals surface area contributed by atoms with Gasteiger partial charge in [0, 0.05) is 31.4 Å². The van der Waals surface area contributed by atoms with E-state index in [1.807, 2.05) is 18.2 Å². The van der Waals surface area contributed by atoms with Gasteiger partial charge in [-0.3, -0.25) is 9.88 Å². The van der Waals surface area contributed by atoms with Gasteiger partial charge in [-0.25, -0.2) is 0 Å². The first kappa shape index (κ1) is 18.7. The van der Waals surface area contributed by atoms with E-state index in [0.29, 0.717) is 18.7 Å². The molecule has 0 saturated carbocycles. The molecule has 0 N–H and O–H groups in total. The number of para-hydroxylation sites is 1. The number of halogens is 3. The molecule has 1 fully saturated rings. The number of piperidine rings is 1. The molecule has 7 heteroatoms. The molecule has 1 saturated heterocycles. The Kier molecular flexibility index (Phi) is 6.11. The van der Waals surface area contributed by atoms with Crippen molar-refractivity contribution in [3.05, 3.63) is 59.9 Å². The van der Waals surface area contributed by atoms with Crippen molar-refractivity contribution >= 4 is 0 Å². The van der Waals surface area contributed by atoms with Crippen LogP contribution in [0.2, 0.25) is 0 Å². The lowest BCUT2D eigenvalue weighted by atomic mass is 10.1. The fourth-order valence-electron chi connectivity index (χ4n) is 3.02. The first-order valence-corrected chi connectivity index (χ1v) is 8.57. The lowest BCUT2D eigenvalue weighted by Crippen LogP contribution is -2.36. The normalized spacial score (nSPS) is 16.6. The summed E-state index contributed by atoms with van der Waals surface area (Å²) in [5.74, 6) is -0.131. The number of pyridine rings is 1. The first-order chi connectivity index (χ1) is 12.5. The van der Waals surface area contributed by atoms with Crippen LogP contribution in [0.15, 0.2) is 48.7 Å². The Labute approximate surface area is 150 Å². The lowest BCUT2D eigenvalue weighted by Gasteiger charge is -2.32. The number of benzene rings is 1. The van der Waals surface area contributed by atoms with Crippen LogP contribution in [-0.2, 0) is 17.9 Å². The largest absolute Gasteiger partial charge is 0.573 e. The molecule has 140 valence electrons. The van der Waals surface area contributed by atoms with Crippen LogP contribution in [0, 0.1) is 0 Å². The predicted octanol–water partition coefficient (Wildman–Crippen LogP) is 4.16. The number of aromatic nitrogens is 1. The van der Waals surface area contributed by atoms with E-state index < -0.39 is 6.36 Å². The van der Waals surface area contributed by atoms with Crippen molar-refractivity contribution in [1.82, 2.24) is 9.88 Å². The first-order valence-electron chi connectivity index (χ1n) is 8.57. The molecule has 3 rings (SSSR count). The van der Waals surface area contributed by atoms with Crippen molar-refractivity contribution in [2.45, 2.75) is 38.5 Å². The van der Waals surface area contributed by atoms with E-state index in [2.05, 4.69) is 14.6 Å². The molecule has 0 amide bonds. The molecule has 0 unspecified atom stereocenters. The van der Waals surface area contributed by atoms with E-state index >= 15 is 0 Å². The summed E-state index contributed by atoms with van der Waals surface area (Å²) in [6.07, 6.45) is -1.11. The molecule has 2 aromatic rings. The van der Waals surface area contributed by atoms with Crippen LogP contribution < -0.4 is 4.74 Å². The van der Waals surface area contributed by atoms with E-state index in [0.717, 1.165) is 31.6 Å². The molecule has 4 nitrogen and oxygen atoms in total. The zero-order valence-electron chi connectivity index (χ0n) is 14.3. The molecule has 2 heterocycles. The van der Waals surface area contributed by atoms with E-state index in [1.54, 1.807) is 24.4 Å². The minimum atomic E-state index is -4.68. The van der Waals surface area contributed by atoms with Crippen molar-refractivity contribution in [1.29, 1.82) is 0 Å². The third-order valence-electron chi connectivity index (χ3n) is 4.32. The third kappa shape index (κ3) is 5.71. The molecular formula is C19H21F3N2O2. The SMILES string of the molecule is FC(F)(F)Oc1ccccc1CN1CCC(OCc2ccccn2)CC1. The smallest absolute Gasteiger partial charge is 0.405 e. The highest BCUT2D eigenvalue weighted by Crippen LogP contribution is 2.28. The number of nitrogens with zero attached hydrogens (tertiary/aromatic N) is 2. The molecule has 0 radical (unpaired) electrons. The third-order valence-corrected chi connectivity index (χ3v) is 4.32. The van der Waals surface area contributed by atoms with Crippen LogP contribution in [0.25, 0.3) is 0 Å². The van der Waals surface area contributed by atoms with Crippen LogP contribution in [0.4, 0.5) is 13.2 Å². The Balaban J connectivity index is 1.48. The lowest BCUT2D eigenvalue weighted by molar-refractivity contribution is -0.275. The minimum Gasteiger partial charge on any atom is -0.405 e. The average molecular weight is 366 g/mol. The van der Waals surface area contributed by atoms with E-state index in [9.17, 15) is 13.2 Å². The van der Waals surface area contributed by atoms with E-state index in [-0.39, 0.29) is 11.9 Å². The fraction of sp³-hybridized carbons (Fsp3) is 0.421. The van der Waals surface area contributed by atoms with E-state index in [1.165, 1.54) is 6.07 Å². The standard InChI is InChI=1S/C19H21F3N2O2/c20-19(21,22)26-18-7-2-1-5-15(18)13-24-11-8-17(9-12-24)25-14-16-6-3-4-10-23-16/h1-7,10,17H,8-9,11-14H2. The summed E-state index contributed by atoms with van der Waals surface area (Å²) in [7, 11) is 0. The summed E-state index contributed by atoms with van der Waals surface area (Å²) in [6, 6.07) is 12.0. The number of alkyl halides is 3. The summed E-state index contributed by atoms with van der Waals surface area (Å²) in [5, 5.41) is 0. The van der Waals surface area contributed by atoms with Gasteiger partial charge in [0.1, 0.15) is 5.75 Å². The molecule has 26 heavy (non-hydrogen) atoms. The molecule has 0 bridgehead atoms. The highest BCUT2D eigenvalue weighted by molar-refractivity contribution is 5.33. The Morgan fingerprint density at radius 1 is 1.04 bits per heavy atom. The van der Waals surface area contributed by atoms with Crippen molar-refractivity contribution in [3.8, 4) is 5.75 Å². The second kappa shape index (κ2) is 8.51. The zero-order valence-corrected chi connectivity index (χ0v) is 14.3. The van der Waals surface area contributed by atoms with Crippen molar-refractivity contribution < 1.29 is 22.6 Å². The van der Waals surface area contributed by atoms with Crippen molar-refractivity contribution in [3.63, 3.8) is 0 Å².